The van der Waals surface area contributed by atoms with E-state index in [1.165, 1.54) is 0 Å². The Labute approximate surface area is 64.4 Å². The number of hydrogen-bond donors (Lipinski definition) is 1. The normalized spacial score (nSPS) is 14.0. The van der Waals surface area contributed by atoms with Gasteiger partial charge in [0.2, 0.25) is 0 Å². The molecule has 9 heavy (non-hydrogen) atoms. The molecule has 1 N–H and O–H groups in total. The van der Waals surface area contributed by atoms with Crippen molar-refractivity contribution in [3.8, 4) is 0 Å². The summed E-state index contributed by atoms with van der Waals surface area (Å²) in [6.45, 7) is 3.59. The minimum absolute atomic E-state index is 0.137. The van der Waals surface area contributed by atoms with Gasteiger partial charge in [-0.15, -0.1) is 11.6 Å². The van der Waals surface area contributed by atoms with Crippen molar-refractivity contribution in [3.63, 3.8) is 0 Å². The predicted octanol–water partition coefficient (Wildman–Crippen LogP) is 2.28. The maximum atomic E-state index is 8.20. The molecule has 0 aromatic heterocycles. The van der Waals surface area contributed by atoms with E-state index in [0.717, 1.165) is 0 Å². The van der Waals surface area contributed by atoms with Crippen LogP contribution in [-0.2, 0) is 0 Å². The van der Waals surface area contributed by atoms with Crippen LogP contribution in [-0.4, -0.2) is 16.3 Å². The average Bonchev–Trinajstić information content (AvgIpc) is 1.86. The van der Waals surface area contributed by atoms with Crippen LogP contribution in [0.1, 0.15) is 13.8 Å². The lowest BCUT2D eigenvalue weighted by Crippen LogP contribution is -2.21. The summed E-state index contributed by atoms with van der Waals surface area (Å²) in [7, 11) is 0. The smallest absolute Gasteiger partial charge is 0.152 e. The molecule has 0 aliphatic carbocycles. The molecule has 0 bridgehead atoms. The molecule has 0 heterocycles. The van der Waals surface area contributed by atoms with Gasteiger partial charge >= 0.3 is 0 Å². The minimum atomic E-state index is -0.419. The first-order valence-electron chi connectivity index (χ1n) is 2.48. The Balaban J connectivity index is 4.14. The molecule has 0 rings (SSSR count). The number of oxime groups is 1. The molecule has 0 radical (unpaired) electrons. The molecule has 0 saturated carbocycles. The Morgan fingerprint density at radius 1 is 1.67 bits per heavy atom. The second kappa shape index (κ2) is 3.28. The third-order valence-electron chi connectivity index (χ3n) is 0.980. The zero-order valence-corrected chi connectivity index (χ0v) is 6.87. The fraction of sp³-hybridized carbons (Fsp3) is 0.800. The van der Waals surface area contributed by atoms with Gasteiger partial charge in [-0.05, 0) is 0 Å². The Morgan fingerprint density at radius 2 is 2.11 bits per heavy atom. The van der Waals surface area contributed by atoms with Crippen molar-refractivity contribution in [1.82, 2.24) is 0 Å². The van der Waals surface area contributed by atoms with Crippen molar-refractivity contribution in [1.29, 1.82) is 0 Å². The first-order chi connectivity index (χ1) is 4.04. The van der Waals surface area contributed by atoms with Gasteiger partial charge in [0.15, 0.2) is 5.17 Å². The Hall–Kier alpha value is 0.0500. The van der Waals surface area contributed by atoms with E-state index >= 15 is 0 Å². The molecule has 0 spiro atoms. The SMILES string of the molecule is CC(C)(CCl)C(Cl)=NO. The summed E-state index contributed by atoms with van der Waals surface area (Å²) in [5.41, 5.74) is -0.419. The van der Waals surface area contributed by atoms with Gasteiger partial charge in [0, 0.05) is 11.3 Å². The highest BCUT2D eigenvalue weighted by Crippen LogP contribution is 2.21. The minimum Gasteiger partial charge on any atom is -0.410 e. The quantitative estimate of drug-likeness (QED) is 0.293. The Bertz CT molecular complexity index is 122. The van der Waals surface area contributed by atoms with Crippen molar-refractivity contribution < 1.29 is 5.21 Å². The van der Waals surface area contributed by atoms with Crippen LogP contribution in [0.4, 0.5) is 0 Å². The zero-order chi connectivity index (χ0) is 7.49. The van der Waals surface area contributed by atoms with Gasteiger partial charge in [0.1, 0.15) is 0 Å². The van der Waals surface area contributed by atoms with E-state index in [4.69, 9.17) is 28.4 Å². The number of nitrogens with zero attached hydrogens (tertiary/aromatic N) is 1. The molecule has 0 aromatic carbocycles. The fourth-order valence-electron chi connectivity index (χ4n) is 0.190. The summed E-state index contributed by atoms with van der Waals surface area (Å²) in [4.78, 5) is 0. The highest BCUT2D eigenvalue weighted by atomic mass is 35.5. The van der Waals surface area contributed by atoms with Gasteiger partial charge in [-0.25, -0.2) is 0 Å². The number of halogens is 2. The first-order valence-corrected chi connectivity index (χ1v) is 3.40. The average molecular weight is 170 g/mol. The van der Waals surface area contributed by atoms with Crippen molar-refractivity contribution in [2.45, 2.75) is 13.8 Å². The monoisotopic (exact) mass is 169 g/mol. The Morgan fingerprint density at radius 3 is 2.22 bits per heavy atom. The van der Waals surface area contributed by atoms with Gasteiger partial charge < -0.3 is 5.21 Å². The predicted molar refractivity (Wildman–Crippen MR) is 39.6 cm³/mol. The summed E-state index contributed by atoms with van der Waals surface area (Å²) in [5, 5.41) is 11.2. The van der Waals surface area contributed by atoms with Crippen LogP contribution in [0.25, 0.3) is 0 Å². The van der Waals surface area contributed by atoms with E-state index in [-0.39, 0.29) is 5.17 Å². The largest absolute Gasteiger partial charge is 0.410 e. The number of alkyl halides is 1. The second-order valence-electron chi connectivity index (χ2n) is 2.41. The topological polar surface area (TPSA) is 32.6 Å². The molecule has 0 aliphatic rings. The maximum absolute atomic E-state index is 8.20. The lowest BCUT2D eigenvalue weighted by molar-refractivity contribution is 0.313. The fourth-order valence-corrected chi connectivity index (χ4v) is 0.452. The van der Waals surface area contributed by atoms with E-state index in [1.807, 2.05) is 0 Å². The molecule has 2 nitrogen and oxygen atoms in total. The van der Waals surface area contributed by atoms with Crippen LogP contribution in [0, 0.1) is 5.41 Å². The third-order valence-corrected chi connectivity index (χ3v) is 2.24. The van der Waals surface area contributed by atoms with Crippen LogP contribution >= 0.6 is 23.2 Å². The van der Waals surface area contributed by atoms with Crippen LogP contribution < -0.4 is 0 Å². The number of rotatable bonds is 2. The first kappa shape index (κ1) is 9.05. The van der Waals surface area contributed by atoms with Crippen LogP contribution in [0.5, 0.6) is 0 Å². The zero-order valence-electron chi connectivity index (χ0n) is 5.36. The standard InChI is InChI=1S/C5H9Cl2NO/c1-5(2,3-6)4(7)8-9/h9H,3H2,1-2H3. The summed E-state index contributed by atoms with van der Waals surface area (Å²) in [6.07, 6.45) is 0. The maximum Gasteiger partial charge on any atom is 0.152 e. The van der Waals surface area contributed by atoms with Gasteiger partial charge in [-0.3, -0.25) is 0 Å². The van der Waals surface area contributed by atoms with Crippen LogP contribution in [0.2, 0.25) is 0 Å². The molecule has 0 unspecified atom stereocenters. The number of hydrogen-bond acceptors (Lipinski definition) is 2. The Kier molecular flexibility index (Phi) is 3.30. The molecule has 54 valence electrons. The van der Waals surface area contributed by atoms with E-state index < -0.39 is 5.41 Å². The van der Waals surface area contributed by atoms with Crippen molar-refractivity contribution in [2.24, 2.45) is 10.6 Å². The summed E-state index contributed by atoms with van der Waals surface area (Å²) in [5.74, 6) is 0.343. The van der Waals surface area contributed by atoms with E-state index in [0.29, 0.717) is 5.88 Å². The molecule has 0 aliphatic heterocycles. The lowest BCUT2D eigenvalue weighted by Gasteiger charge is -2.16. The van der Waals surface area contributed by atoms with Gasteiger partial charge in [-0.2, -0.15) is 0 Å². The summed E-state index contributed by atoms with van der Waals surface area (Å²) >= 11 is 11.0. The highest BCUT2D eigenvalue weighted by molar-refractivity contribution is 6.66. The molecule has 0 saturated heterocycles. The van der Waals surface area contributed by atoms with Crippen molar-refractivity contribution in [3.05, 3.63) is 0 Å². The van der Waals surface area contributed by atoms with E-state index in [9.17, 15) is 0 Å². The highest BCUT2D eigenvalue weighted by Gasteiger charge is 2.22. The molecule has 0 atom stereocenters. The van der Waals surface area contributed by atoms with Crippen LogP contribution in [0.3, 0.4) is 0 Å². The van der Waals surface area contributed by atoms with Gasteiger partial charge in [0.05, 0.1) is 0 Å². The molecule has 0 aromatic rings. The molecular weight excluding hydrogens is 161 g/mol. The summed E-state index contributed by atoms with van der Waals surface area (Å²) in [6, 6.07) is 0. The van der Waals surface area contributed by atoms with E-state index in [2.05, 4.69) is 5.16 Å². The second-order valence-corrected chi connectivity index (χ2v) is 3.03. The molecule has 0 fully saturated rings. The third kappa shape index (κ3) is 2.41. The van der Waals surface area contributed by atoms with E-state index in [1.54, 1.807) is 13.8 Å². The van der Waals surface area contributed by atoms with Gasteiger partial charge in [0.25, 0.3) is 0 Å². The van der Waals surface area contributed by atoms with Crippen LogP contribution in [0.15, 0.2) is 5.16 Å². The van der Waals surface area contributed by atoms with Crippen molar-refractivity contribution >= 4 is 28.4 Å². The summed E-state index contributed by atoms with van der Waals surface area (Å²) < 4.78 is 0. The van der Waals surface area contributed by atoms with Gasteiger partial charge in [-0.1, -0.05) is 30.6 Å². The lowest BCUT2D eigenvalue weighted by atomic mass is 9.98. The molecule has 0 amide bonds. The molecule has 4 heteroatoms. The molecular formula is C5H9Cl2NO. The van der Waals surface area contributed by atoms with Crippen molar-refractivity contribution in [2.75, 3.05) is 5.88 Å².